The summed E-state index contributed by atoms with van der Waals surface area (Å²) in [5, 5.41) is 54.3. The smallest absolute Gasteiger partial charge is 0.339 e. The van der Waals surface area contributed by atoms with Gasteiger partial charge < -0.3 is 35.0 Å². The predicted octanol–water partition coefficient (Wildman–Crippen LogP) is 8.22. The molecule has 0 spiro atoms. The average molecular weight is 760 g/mol. The van der Waals surface area contributed by atoms with Crippen LogP contribution in [-0.4, -0.2) is 70.0 Å². The van der Waals surface area contributed by atoms with E-state index in [0.717, 1.165) is 38.5 Å². The Kier molecular flexibility index (Phi) is 11.1. The molecule has 4 unspecified atom stereocenters. The monoisotopic (exact) mass is 758 g/mol. The number of fused-ring (bicyclic) bond motifs is 5. The second-order valence-corrected chi connectivity index (χ2v) is 17.2. The molecule has 2 aromatic rings. The summed E-state index contributed by atoms with van der Waals surface area (Å²) in [6.07, 6.45) is 7.76. The zero-order valence-corrected chi connectivity index (χ0v) is 32.1. The normalized spacial score (nSPS) is 34.3. The van der Waals surface area contributed by atoms with E-state index in [1.165, 1.54) is 26.4 Å². The highest BCUT2D eigenvalue weighted by Crippen LogP contribution is 2.68. The molecule has 4 fully saturated rings. The molecule has 0 bridgehead atoms. The van der Waals surface area contributed by atoms with Crippen LogP contribution in [0.4, 0.5) is 0 Å². The maximum absolute atomic E-state index is 12.2. The standard InChI is InChI=1S/C41H52Cl2O9/c1-20(28-9-10-29-35-30(19-34(46)41(28,29)3)40(2)12-11-24(44)17-23(40)18-33(35)45)7-6-8-25(21-13-26(38(47)48)36(51-4)31(42)15-21)22-14-27(39(49)50)37(52-5)32(43)16-22/h8,13-16,20,23-24,28-30,33-35,44-46H,6-7,9-12,17-19H2,1-5H3,(H,47,48)(H,49,50)/t20-,23+,24-,28-,29?,30?,33?,34+,35?,40+,41-/m1/s1. The zero-order chi connectivity index (χ0) is 37.9. The van der Waals surface area contributed by atoms with Crippen LogP contribution in [-0.2, 0) is 0 Å². The van der Waals surface area contributed by atoms with Crippen molar-refractivity contribution >= 4 is 40.7 Å². The van der Waals surface area contributed by atoms with Crippen molar-refractivity contribution in [3.8, 4) is 11.5 Å². The second kappa shape index (κ2) is 14.8. The number of methoxy groups -OCH3 is 2. The number of ether oxygens (including phenoxy) is 2. The SMILES string of the molecule is COc1c(Cl)cc(C(=CCC[C@@H](C)[C@H]2CCC3C4C(O)C[C@@H]5C[C@H](O)CC[C@]5(C)C4C[C@H](O)[C@@]32C)c2cc(Cl)c(OC)c(C(=O)O)c2)cc1C(=O)O. The van der Waals surface area contributed by atoms with Crippen LogP contribution in [0.15, 0.2) is 30.3 Å². The number of carbonyl (C=O) groups is 2. The van der Waals surface area contributed by atoms with Gasteiger partial charge in [-0.05, 0) is 145 Å². The first kappa shape index (κ1) is 38.9. The summed E-state index contributed by atoms with van der Waals surface area (Å²) in [4.78, 5) is 24.5. The minimum atomic E-state index is -1.22. The summed E-state index contributed by atoms with van der Waals surface area (Å²) >= 11 is 13.1. The van der Waals surface area contributed by atoms with E-state index in [9.17, 15) is 35.1 Å². The summed E-state index contributed by atoms with van der Waals surface area (Å²) in [5.41, 5.74) is 0.870. The molecule has 4 aliphatic rings. The van der Waals surface area contributed by atoms with Gasteiger partial charge in [0, 0.05) is 0 Å². The lowest BCUT2D eigenvalue weighted by Gasteiger charge is -2.63. The van der Waals surface area contributed by atoms with Crippen molar-refractivity contribution < 1.29 is 44.6 Å². The van der Waals surface area contributed by atoms with Crippen molar-refractivity contribution in [3.05, 3.63) is 62.6 Å². The van der Waals surface area contributed by atoms with Crippen LogP contribution in [0.2, 0.25) is 10.0 Å². The molecular weight excluding hydrogens is 707 g/mol. The summed E-state index contributed by atoms with van der Waals surface area (Å²) in [6.45, 7) is 6.80. The molecule has 0 amide bonds. The Balaban J connectivity index is 1.30. The van der Waals surface area contributed by atoms with Crippen molar-refractivity contribution in [2.45, 2.75) is 96.9 Å². The molecule has 5 N–H and O–H groups in total. The van der Waals surface area contributed by atoms with Gasteiger partial charge in [0.15, 0.2) is 11.5 Å². The van der Waals surface area contributed by atoms with Gasteiger partial charge in [-0.3, -0.25) is 0 Å². The summed E-state index contributed by atoms with van der Waals surface area (Å²) in [6, 6.07) is 6.13. The third kappa shape index (κ3) is 6.52. The number of halogens is 2. The first-order valence-electron chi connectivity index (χ1n) is 18.5. The lowest BCUT2D eigenvalue weighted by molar-refractivity contribution is -0.207. The van der Waals surface area contributed by atoms with Crippen LogP contribution in [0.1, 0.15) is 110 Å². The molecular formula is C41H52Cl2O9. The molecule has 9 nitrogen and oxygen atoms in total. The second-order valence-electron chi connectivity index (χ2n) is 16.4. The number of aliphatic hydroxyl groups is 3. The molecule has 2 aromatic carbocycles. The quantitative estimate of drug-likeness (QED) is 0.161. The van der Waals surface area contributed by atoms with Crippen LogP contribution in [0, 0.1) is 46.3 Å². The average Bonchev–Trinajstić information content (AvgIpc) is 3.45. The summed E-state index contributed by atoms with van der Waals surface area (Å²) in [7, 11) is 2.69. The number of allylic oxidation sites excluding steroid dienone is 1. The molecule has 0 aliphatic heterocycles. The Morgan fingerprint density at radius 2 is 1.44 bits per heavy atom. The van der Waals surface area contributed by atoms with E-state index < -0.39 is 24.1 Å². The van der Waals surface area contributed by atoms with E-state index in [1.807, 2.05) is 6.08 Å². The van der Waals surface area contributed by atoms with Crippen LogP contribution < -0.4 is 9.47 Å². The number of hydrogen-bond acceptors (Lipinski definition) is 7. The summed E-state index contributed by atoms with van der Waals surface area (Å²) in [5.74, 6) is -1.16. The van der Waals surface area contributed by atoms with Gasteiger partial charge in [-0.1, -0.05) is 50.0 Å². The van der Waals surface area contributed by atoms with Crippen LogP contribution >= 0.6 is 23.2 Å². The highest BCUT2D eigenvalue weighted by atomic mass is 35.5. The molecule has 0 aromatic heterocycles. The summed E-state index contributed by atoms with van der Waals surface area (Å²) < 4.78 is 10.6. The lowest BCUT2D eigenvalue weighted by atomic mass is 9.43. The Bertz CT molecular complexity index is 1670. The van der Waals surface area contributed by atoms with Gasteiger partial charge in [0.2, 0.25) is 0 Å². The number of benzene rings is 2. The lowest BCUT2D eigenvalue weighted by Crippen LogP contribution is -2.62. The molecule has 11 atom stereocenters. The van der Waals surface area contributed by atoms with Crippen LogP contribution in [0.25, 0.3) is 5.57 Å². The van der Waals surface area contributed by atoms with Gasteiger partial charge in [-0.2, -0.15) is 0 Å². The maximum Gasteiger partial charge on any atom is 0.339 e. The molecule has 4 saturated carbocycles. The fourth-order valence-corrected chi connectivity index (χ4v) is 12.0. The highest BCUT2D eigenvalue weighted by Gasteiger charge is 2.65. The molecule has 0 saturated heterocycles. The molecule has 52 heavy (non-hydrogen) atoms. The van der Waals surface area contributed by atoms with Crippen LogP contribution in [0.3, 0.4) is 0 Å². The Morgan fingerprint density at radius 3 is 1.98 bits per heavy atom. The third-order valence-electron chi connectivity index (χ3n) is 14.1. The van der Waals surface area contributed by atoms with Gasteiger partial charge in [-0.25, -0.2) is 9.59 Å². The Hall–Kier alpha value is -2.82. The van der Waals surface area contributed by atoms with E-state index in [2.05, 4.69) is 20.8 Å². The van der Waals surface area contributed by atoms with Crippen molar-refractivity contribution in [3.63, 3.8) is 0 Å². The topological polar surface area (TPSA) is 154 Å². The zero-order valence-electron chi connectivity index (χ0n) is 30.6. The van der Waals surface area contributed by atoms with Crippen molar-refractivity contribution in [1.29, 1.82) is 0 Å². The van der Waals surface area contributed by atoms with Crippen LogP contribution in [0.5, 0.6) is 11.5 Å². The molecule has 0 radical (unpaired) electrons. The van der Waals surface area contributed by atoms with E-state index in [1.54, 1.807) is 12.1 Å². The Labute approximate surface area is 315 Å². The minimum Gasteiger partial charge on any atom is -0.494 e. The van der Waals surface area contributed by atoms with Gasteiger partial charge >= 0.3 is 11.9 Å². The fraction of sp³-hybridized carbons (Fsp3) is 0.610. The fourth-order valence-electron chi connectivity index (χ4n) is 11.5. The largest absolute Gasteiger partial charge is 0.494 e. The number of rotatable bonds is 10. The molecule has 0 heterocycles. The molecule has 6 rings (SSSR count). The molecule has 284 valence electrons. The van der Waals surface area contributed by atoms with Gasteiger partial charge in [0.1, 0.15) is 11.1 Å². The highest BCUT2D eigenvalue weighted by molar-refractivity contribution is 6.33. The number of hydrogen-bond donors (Lipinski definition) is 5. The first-order valence-corrected chi connectivity index (χ1v) is 19.3. The van der Waals surface area contributed by atoms with Gasteiger partial charge in [-0.15, -0.1) is 0 Å². The van der Waals surface area contributed by atoms with Gasteiger partial charge in [0.25, 0.3) is 0 Å². The predicted molar refractivity (Wildman–Crippen MR) is 199 cm³/mol. The number of carboxylic acids is 2. The number of carboxylic acid groups (broad SMARTS) is 2. The van der Waals surface area contributed by atoms with Crippen molar-refractivity contribution in [1.82, 2.24) is 0 Å². The van der Waals surface area contributed by atoms with E-state index >= 15 is 0 Å². The van der Waals surface area contributed by atoms with E-state index in [-0.39, 0.29) is 85.1 Å². The number of aliphatic hydroxyl groups excluding tert-OH is 3. The molecule has 11 heteroatoms. The molecule has 4 aliphatic carbocycles. The van der Waals surface area contributed by atoms with Crippen molar-refractivity contribution in [2.24, 2.45) is 46.3 Å². The van der Waals surface area contributed by atoms with Crippen molar-refractivity contribution in [2.75, 3.05) is 14.2 Å². The van der Waals surface area contributed by atoms with E-state index in [0.29, 0.717) is 36.0 Å². The van der Waals surface area contributed by atoms with E-state index in [4.69, 9.17) is 32.7 Å². The number of aromatic carboxylic acids is 2. The first-order chi connectivity index (χ1) is 24.6. The Morgan fingerprint density at radius 1 is 0.865 bits per heavy atom. The van der Waals surface area contributed by atoms with Gasteiger partial charge in [0.05, 0.1) is 42.6 Å². The minimum absolute atomic E-state index is 0.00600. The maximum atomic E-state index is 12.2. The third-order valence-corrected chi connectivity index (χ3v) is 14.6.